The van der Waals surface area contributed by atoms with Crippen molar-refractivity contribution < 1.29 is 14.0 Å². The molecule has 0 spiro atoms. The van der Waals surface area contributed by atoms with Crippen LogP contribution in [0.25, 0.3) is 11.3 Å². The molecule has 0 radical (unpaired) electrons. The van der Waals surface area contributed by atoms with Gasteiger partial charge in [-0.05, 0) is 56.4 Å². The Morgan fingerprint density at radius 2 is 1.84 bits per heavy atom. The van der Waals surface area contributed by atoms with Gasteiger partial charge in [-0.3, -0.25) is 14.6 Å². The molecule has 2 unspecified atom stereocenters. The number of nitrogens with one attached hydrogen (secondary N) is 2. The fraction of sp³-hybridized carbons (Fsp3) is 0.480. The van der Waals surface area contributed by atoms with Crippen LogP contribution in [-0.4, -0.2) is 34.9 Å². The standard InChI is InChI=1S/C25H31FN4O2/c26-19-7-3-5-16(13-19)22-12-11-18(15-28-22)25(32)29-20-8-4-6-17(14-20)24(31)30-23-10-2-1-9-21(23)27/h3,5,7,11-13,15,17,20-21,23H,1-2,4,6,8-10,14,27H2,(H,29,32)(H,30,31)/t17?,20?,21-,23-/m1/s1. The summed E-state index contributed by atoms with van der Waals surface area (Å²) in [6.45, 7) is 0. The van der Waals surface area contributed by atoms with Gasteiger partial charge in [-0.2, -0.15) is 0 Å². The lowest BCUT2D eigenvalue weighted by Gasteiger charge is -2.33. The summed E-state index contributed by atoms with van der Waals surface area (Å²) >= 11 is 0. The first kappa shape index (κ1) is 22.4. The highest BCUT2D eigenvalue weighted by molar-refractivity contribution is 5.94. The molecule has 2 aliphatic rings. The number of hydrogen-bond acceptors (Lipinski definition) is 4. The van der Waals surface area contributed by atoms with Crippen LogP contribution in [0.4, 0.5) is 4.39 Å². The summed E-state index contributed by atoms with van der Waals surface area (Å²) in [6.07, 6.45) is 8.87. The van der Waals surface area contributed by atoms with Gasteiger partial charge in [0, 0.05) is 35.8 Å². The SMILES string of the molecule is N[C@@H]1CCCC[C@H]1NC(=O)C1CCCC(NC(=O)c2ccc(-c3cccc(F)c3)nc2)C1. The van der Waals surface area contributed by atoms with E-state index in [1.165, 1.54) is 18.3 Å². The van der Waals surface area contributed by atoms with Gasteiger partial charge in [-0.1, -0.05) is 31.4 Å². The van der Waals surface area contributed by atoms with Gasteiger partial charge in [0.05, 0.1) is 11.3 Å². The van der Waals surface area contributed by atoms with E-state index in [-0.39, 0.29) is 41.7 Å². The average molecular weight is 439 g/mol. The van der Waals surface area contributed by atoms with Gasteiger partial charge >= 0.3 is 0 Å². The average Bonchev–Trinajstić information content (AvgIpc) is 2.81. The Labute approximate surface area is 188 Å². The quantitative estimate of drug-likeness (QED) is 0.665. The molecule has 1 heterocycles. The van der Waals surface area contributed by atoms with E-state index in [1.54, 1.807) is 24.3 Å². The van der Waals surface area contributed by atoms with Crippen LogP contribution in [-0.2, 0) is 4.79 Å². The molecule has 0 bridgehead atoms. The van der Waals surface area contributed by atoms with Gasteiger partial charge in [0.2, 0.25) is 5.91 Å². The minimum atomic E-state index is -0.326. The molecule has 2 saturated carbocycles. The Kier molecular flexibility index (Phi) is 7.15. The number of amides is 2. The van der Waals surface area contributed by atoms with Crippen molar-refractivity contribution in [3.8, 4) is 11.3 Å². The van der Waals surface area contributed by atoms with E-state index in [1.807, 2.05) is 0 Å². The van der Waals surface area contributed by atoms with E-state index < -0.39 is 0 Å². The van der Waals surface area contributed by atoms with Crippen molar-refractivity contribution in [3.05, 3.63) is 54.0 Å². The monoisotopic (exact) mass is 438 g/mol. The predicted molar refractivity (Wildman–Crippen MR) is 121 cm³/mol. The maximum Gasteiger partial charge on any atom is 0.253 e. The molecule has 2 aromatic rings. The second-order valence-corrected chi connectivity index (χ2v) is 9.04. The largest absolute Gasteiger partial charge is 0.352 e. The van der Waals surface area contributed by atoms with Gasteiger partial charge in [-0.25, -0.2) is 4.39 Å². The van der Waals surface area contributed by atoms with Crippen LogP contribution in [0, 0.1) is 11.7 Å². The van der Waals surface area contributed by atoms with E-state index in [0.717, 1.165) is 44.9 Å². The summed E-state index contributed by atoms with van der Waals surface area (Å²) in [6, 6.07) is 9.66. The Hall–Kier alpha value is -2.80. The molecule has 2 aliphatic carbocycles. The number of benzene rings is 1. The molecule has 4 N–H and O–H groups in total. The predicted octanol–water partition coefficient (Wildman–Crippen LogP) is 3.56. The molecular formula is C25H31FN4O2. The summed E-state index contributed by atoms with van der Waals surface area (Å²) in [7, 11) is 0. The van der Waals surface area contributed by atoms with Crippen LogP contribution in [0.2, 0.25) is 0 Å². The van der Waals surface area contributed by atoms with Gasteiger partial charge in [0.1, 0.15) is 5.82 Å². The number of rotatable bonds is 5. The van der Waals surface area contributed by atoms with Crippen molar-refractivity contribution in [3.63, 3.8) is 0 Å². The summed E-state index contributed by atoms with van der Waals surface area (Å²) in [5.41, 5.74) is 7.89. The van der Waals surface area contributed by atoms with Crippen molar-refractivity contribution in [1.29, 1.82) is 0 Å². The van der Waals surface area contributed by atoms with Gasteiger partial charge in [0.15, 0.2) is 0 Å². The lowest BCUT2D eigenvalue weighted by atomic mass is 9.84. The number of aromatic nitrogens is 1. The Balaban J connectivity index is 1.32. The minimum absolute atomic E-state index is 0.0367. The fourth-order valence-corrected chi connectivity index (χ4v) is 4.81. The topological polar surface area (TPSA) is 97.1 Å². The van der Waals surface area contributed by atoms with Crippen LogP contribution in [0.15, 0.2) is 42.6 Å². The highest BCUT2D eigenvalue weighted by atomic mass is 19.1. The smallest absolute Gasteiger partial charge is 0.253 e. The molecule has 0 saturated heterocycles. The number of nitrogens with two attached hydrogens (primary N) is 1. The molecular weight excluding hydrogens is 407 g/mol. The molecule has 7 heteroatoms. The minimum Gasteiger partial charge on any atom is -0.352 e. The second kappa shape index (κ2) is 10.2. The van der Waals surface area contributed by atoms with Crippen LogP contribution in [0.3, 0.4) is 0 Å². The third kappa shape index (κ3) is 5.51. The zero-order valence-electron chi connectivity index (χ0n) is 18.2. The first-order chi connectivity index (χ1) is 15.5. The van der Waals surface area contributed by atoms with E-state index in [2.05, 4.69) is 15.6 Å². The lowest BCUT2D eigenvalue weighted by Crippen LogP contribution is -2.52. The molecule has 32 heavy (non-hydrogen) atoms. The Bertz CT molecular complexity index is 949. The second-order valence-electron chi connectivity index (χ2n) is 9.04. The Morgan fingerprint density at radius 3 is 2.59 bits per heavy atom. The summed E-state index contributed by atoms with van der Waals surface area (Å²) in [5.74, 6) is -0.569. The zero-order chi connectivity index (χ0) is 22.5. The van der Waals surface area contributed by atoms with Gasteiger partial charge < -0.3 is 16.4 Å². The number of nitrogens with zero attached hydrogens (tertiary/aromatic N) is 1. The van der Waals surface area contributed by atoms with E-state index in [0.29, 0.717) is 23.2 Å². The van der Waals surface area contributed by atoms with Crippen molar-refractivity contribution in [2.24, 2.45) is 11.7 Å². The van der Waals surface area contributed by atoms with Crippen LogP contribution >= 0.6 is 0 Å². The normalized spacial score (nSPS) is 25.7. The molecule has 4 atom stereocenters. The Morgan fingerprint density at radius 1 is 1.00 bits per heavy atom. The first-order valence-corrected chi connectivity index (χ1v) is 11.6. The molecule has 1 aromatic carbocycles. The van der Waals surface area contributed by atoms with Gasteiger partial charge in [-0.15, -0.1) is 0 Å². The molecule has 0 aliphatic heterocycles. The summed E-state index contributed by atoms with van der Waals surface area (Å²) < 4.78 is 13.4. The highest BCUT2D eigenvalue weighted by Crippen LogP contribution is 2.26. The van der Waals surface area contributed by atoms with Crippen molar-refractivity contribution >= 4 is 11.8 Å². The third-order valence-corrected chi connectivity index (χ3v) is 6.67. The molecule has 170 valence electrons. The van der Waals surface area contributed by atoms with Gasteiger partial charge in [0.25, 0.3) is 5.91 Å². The maximum absolute atomic E-state index is 13.4. The number of halogens is 1. The van der Waals surface area contributed by atoms with Crippen LogP contribution in [0.1, 0.15) is 61.7 Å². The number of carbonyl (C=O) groups excluding carboxylic acids is 2. The molecule has 1 aromatic heterocycles. The fourth-order valence-electron chi connectivity index (χ4n) is 4.81. The molecule has 6 nitrogen and oxygen atoms in total. The highest BCUT2D eigenvalue weighted by Gasteiger charge is 2.31. The molecule has 4 rings (SSSR count). The molecule has 2 fully saturated rings. The third-order valence-electron chi connectivity index (χ3n) is 6.67. The van der Waals surface area contributed by atoms with E-state index >= 15 is 0 Å². The van der Waals surface area contributed by atoms with E-state index in [4.69, 9.17) is 5.73 Å². The van der Waals surface area contributed by atoms with E-state index in [9.17, 15) is 14.0 Å². The number of carbonyl (C=O) groups is 2. The summed E-state index contributed by atoms with van der Waals surface area (Å²) in [5, 5.41) is 6.21. The van der Waals surface area contributed by atoms with Crippen molar-refractivity contribution in [2.45, 2.75) is 69.5 Å². The number of pyridine rings is 1. The van der Waals surface area contributed by atoms with Crippen LogP contribution < -0.4 is 16.4 Å². The zero-order valence-corrected chi connectivity index (χ0v) is 18.2. The number of hydrogen-bond donors (Lipinski definition) is 3. The summed E-state index contributed by atoms with van der Waals surface area (Å²) in [4.78, 5) is 29.8. The first-order valence-electron chi connectivity index (χ1n) is 11.6. The maximum atomic E-state index is 13.4. The lowest BCUT2D eigenvalue weighted by molar-refractivity contribution is -0.127. The van der Waals surface area contributed by atoms with Crippen LogP contribution in [0.5, 0.6) is 0 Å². The van der Waals surface area contributed by atoms with Crippen molar-refractivity contribution in [2.75, 3.05) is 0 Å². The van der Waals surface area contributed by atoms with Crippen molar-refractivity contribution in [1.82, 2.24) is 15.6 Å². The molecule has 2 amide bonds.